The highest BCUT2D eigenvalue weighted by atomic mass is 16.5. The van der Waals surface area contributed by atoms with Crippen LogP contribution in [-0.4, -0.2) is 45.5 Å². The summed E-state index contributed by atoms with van der Waals surface area (Å²) in [7, 11) is 1.66. The van der Waals surface area contributed by atoms with E-state index in [1.165, 1.54) is 0 Å². The van der Waals surface area contributed by atoms with Gasteiger partial charge < -0.3 is 25.5 Å². The SMILES string of the molecule is COCCCn1cnnc1CNC(=O)[C@@H](N)Cc1ccc(O)cc1. The van der Waals surface area contributed by atoms with Crippen molar-refractivity contribution in [1.82, 2.24) is 20.1 Å². The summed E-state index contributed by atoms with van der Waals surface area (Å²) in [4.78, 5) is 12.1. The Balaban J connectivity index is 1.82. The molecule has 24 heavy (non-hydrogen) atoms. The van der Waals surface area contributed by atoms with Crippen molar-refractivity contribution in [1.29, 1.82) is 0 Å². The van der Waals surface area contributed by atoms with E-state index >= 15 is 0 Å². The van der Waals surface area contributed by atoms with E-state index in [4.69, 9.17) is 10.5 Å². The molecular weight excluding hydrogens is 310 g/mol. The molecular formula is C16H23N5O3. The molecule has 4 N–H and O–H groups in total. The lowest BCUT2D eigenvalue weighted by molar-refractivity contribution is -0.122. The summed E-state index contributed by atoms with van der Waals surface area (Å²) >= 11 is 0. The average molecular weight is 333 g/mol. The van der Waals surface area contributed by atoms with Crippen LogP contribution in [0.3, 0.4) is 0 Å². The predicted octanol–water partition coefficient (Wildman–Crippen LogP) is 0.206. The standard InChI is InChI=1S/C16H23N5O3/c1-24-8-2-7-21-11-19-20-15(21)10-18-16(23)14(17)9-12-3-5-13(22)6-4-12/h3-6,11,14,22H,2,7-10,17H2,1H3,(H,18,23)/t14-/m0/s1. The smallest absolute Gasteiger partial charge is 0.237 e. The van der Waals surface area contributed by atoms with E-state index in [-0.39, 0.29) is 18.2 Å². The third kappa shape index (κ3) is 5.32. The fraction of sp³-hybridized carbons (Fsp3) is 0.438. The van der Waals surface area contributed by atoms with Crippen molar-refractivity contribution < 1.29 is 14.6 Å². The van der Waals surface area contributed by atoms with Crippen LogP contribution < -0.4 is 11.1 Å². The molecule has 0 fully saturated rings. The molecule has 130 valence electrons. The van der Waals surface area contributed by atoms with E-state index in [1.807, 2.05) is 4.57 Å². The molecule has 0 saturated heterocycles. The maximum absolute atomic E-state index is 12.1. The third-order valence-corrected chi connectivity index (χ3v) is 3.59. The summed E-state index contributed by atoms with van der Waals surface area (Å²) in [6.07, 6.45) is 2.87. The molecule has 8 nitrogen and oxygen atoms in total. The van der Waals surface area contributed by atoms with Gasteiger partial charge in [0.15, 0.2) is 5.82 Å². The minimum absolute atomic E-state index is 0.185. The van der Waals surface area contributed by atoms with Gasteiger partial charge in [0.1, 0.15) is 12.1 Å². The number of hydrogen-bond acceptors (Lipinski definition) is 6. The quantitative estimate of drug-likeness (QED) is 0.565. The summed E-state index contributed by atoms with van der Waals surface area (Å²) in [5.41, 5.74) is 6.82. The zero-order chi connectivity index (χ0) is 17.4. The molecule has 1 heterocycles. The zero-order valence-corrected chi connectivity index (χ0v) is 13.7. The number of aryl methyl sites for hydroxylation is 1. The van der Waals surface area contributed by atoms with Crippen molar-refractivity contribution in [3.63, 3.8) is 0 Å². The summed E-state index contributed by atoms with van der Waals surface area (Å²) in [6.45, 7) is 1.65. The molecule has 2 rings (SSSR count). The van der Waals surface area contributed by atoms with Crippen molar-refractivity contribution in [3.05, 3.63) is 42.0 Å². The fourth-order valence-electron chi connectivity index (χ4n) is 2.26. The van der Waals surface area contributed by atoms with Crippen molar-refractivity contribution in [2.45, 2.75) is 32.0 Å². The Labute approximate surface area is 140 Å². The molecule has 0 aliphatic rings. The number of rotatable bonds is 9. The molecule has 1 aromatic heterocycles. The van der Waals surface area contributed by atoms with Crippen LogP contribution in [0.5, 0.6) is 5.75 Å². The number of amides is 1. The monoisotopic (exact) mass is 333 g/mol. The largest absolute Gasteiger partial charge is 0.508 e. The van der Waals surface area contributed by atoms with Gasteiger partial charge in [-0.1, -0.05) is 12.1 Å². The Morgan fingerprint density at radius 1 is 1.42 bits per heavy atom. The van der Waals surface area contributed by atoms with Gasteiger partial charge in [-0.2, -0.15) is 0 Å². The number of phenolic OH excluding ortho intramolecular Hbond substituents is 1. The highest BCUT2D eigenvalue weighted by Crippen LogP contribution is 2.11. The van der Waals surface area contributed by atoms with Gasteiger partial charge in [0.05, 0.1) is 12.6 Å². The van der Waals surface area contributed by atoms with Crippen molar-refractivity contribution in [2.75, 3.05) is 13.7 Å². The van der Waals surface area contributed by atoms with Gasteiger partial charge in [-0.3, -0.25) is 4.79 Å². The number of benzene rings is 1. The highest BCUT2D eigenvalue weighted by Gasteiger charge is 2.15. The second-order valence-corrected chi connectivity index (χ2v) is 5.48. The van der Waals surface area contributed by atoms with Gasteiger partial charge in [-0.05, 0) is 30.5 Å². The van der Waals surface area contributed by atoms with E-state index in [1.54, 1.807) is 37.7 Å². The lowest BCUT2D eigenvalue weighted by Gasteiger charge is -2.13. The van der Waals surface area contributed by atoms with Crippen LogP contribution in [0.1, 0.15) is 17.8 Å². The van der Waals surface area contributed by atoms with E-state index in [2.05, 4.69) is 15.5 Å². The summed E-state index contributed by atoms with van der Waals surface area (Å²) in [6, 6.07) is 5.97. The Kier molecular flexibility index (Phi) is 6.71. The van der Waals surface area contributed by atoms with Crippen molar-refractivity contribution >= 4 is 5.91 Å². The molecule has 8 heteroatoms. The molecule has 0 unspecified atom stereocenters. The van der Waals surface area contributed by atoms with Gasteiger partial charge in [0.25, 0.3) is 0 Å². The Hall–Kier alpha value is -2.45. The normalized spacial score (nSPS) is 12.1. The van der Waals surface area contributed by atoms with Crippen LogP contribution in [0, 0.1) is 0 Å². The number of aromatic hydroxyl groups is 1. The van der Waals surface area contributed by atoms with Crippen LogP contribution in [-0.2, 0) is 29.0 Å². The van der Waals surface area contributed by atoms with E-state index in [9.17, 15) is 9.90 Å². The minimum atomic E-state index is -0.667. The number of nitrogens with two attached hydrogens (primary N) is 1. The lowest BCUT2D eigenvalue weighted by atomic mass is 10.1. The number of ether oxygens (including phenoxy) is 1. The van der Waals surface area contributed by atoms with Crippen LogP contribution >= 0.6 is 0 Å². The van der Waals surface area contributed by atoms with Gasteiger partial charge in [-0.25, -0.2) is 0 Å². The lowest BCUT2D eigenvalue weighted by Crippen LogP contribution is -2.42. The number of nitrogens with one attached hydrogen (secondary N) is 1. The molecule has 1 atom stereocenters. The first-order valence-corrected chi connectivity index (χ1v) is 7.77. The van der Waals surface area contributed by atoms with Gasteiger partial charge >= 0.3 is 0 Å². The second-order valence-electron chi connectivity index (χ2n) is 5.48. The molecule has 0 aliphatic carbocycles. The minimum Gasteiger partial charge on any atom is -0.508 e. The van der Waals surface area contributed by atoms with Crippen LogP contribution in [0.2, 0.25) is 0 Å². The first kappa shape index (κ1) is 17.9. The Bertz CT molecular complexity index is 641. The van der Waals surface area contributed by atoms with E-state index in [0.29, 0.717) is 18.9 Å². The molecule has 1 amide bonds. The van der Waals surface area contributed by atoms with Gasteiger partial charge in [-0.15, -0.1) is 10.2 Å². The van der Waals surface area contributed by atoms with Crippen molar-refractivity contribution in [2.24, 2.45) is 5.73 Å². The molecule has 0 saturated carbocycles. The highest BCUT2D eigenvalue weighted by molar-refractivity contribution is 5.81. The van der Waals surface area contributed by atoms with Crippen LogP contribution in [0.4, 0.5) is 0 Å². The number of carbonyl (C=O) groups excluding carboxylic acids is 1. The van der Waals surface area contributed by atoms with E-state index < -0.39 is 6.04 Å². The zero-order valence-electron chi connectivity index (χ0n) is 13.7. The van der Waals surface area contributed by atoms with Gasteiger partial charge in [0.2, 0.25) is 5.91 Å². The molecule has 2 aromatic rings. The van der Waals surface area contributed by atoms with Crippen molar-refractivity contribution in [3.8, 4) is 5.75 Å². The maximum Gasteiger partial charge on any atom is 0.237 e. The Morgan fingerprint density at radius 2 is 2.17 bits per heavy atom. The summed E-state index contributed by atoms with van der Waals surface area (Å²) < 4.78 is 6.90. The molecule has 0 radical (unpaired) electrons. The topological polar surface area (TPSA) is 115 Å². The number of aromatic nitrogens is 3. The average Bonchev–Trinajstić information content (AvgIpc) is 3.02. The first-order valence-electron chi connectivity index (χ1n) is 7.77. The number of nitrogens with zero attached hydrogens (tertiary/aromatic N) is 3. The Morgan fingerprint density at radius 3 is 2.88 bits per heavy atom. The fourth-order valence-corrected chi connectivity index (χ4v) is 2.26. The van der Waals surface area contributed by atoms with Crippen LogP contribution in [0.15, 0.2) is 30.6 Å². The number of phenols is 1. The molecule has 0 aliphatic heterocycles. The predicted molar refractivity (Wildman–Crippen MR) is 88.1 cm³/mol. The third-order valence-electron chi connectivity index (χ3n) is 3.59. The maximum atomic E-state index is 12.1. The van der Waals surface area contributed by atoms with E-state index in [0.717, 1.165) is 18.5 Å². The number of methoxy groups -OCH3 is 1. The molecule has 1 aromatic carbocycles. The van der Waals surface area contributed by atoms with Crippen LogP contribution in [0.25, 0.3) is 0 Å². The summed E-state index contributed by atoms with van der Waals surface area (Å²) in [5, 5.41) is 19.9. The summed E-state index contributed by atoms with van der Waals surface area (Å²) in [5.74, 6) is 0.607. The molecule has 0 spiro atoms. The number of carbonyl (C=O) groups is 1. The second kappa shape index (κ2) is 8.99. The first-order chi connectivity index (χ1) is 11.6. The number of hydrogen-bond donors (Lipinski definition) is 3. The van der Waals surface area contributed by atoms with Gasteiger partial charge in [0, 0.05) is 20.3 Å². The molecule has 0 bridgehead atoms.